The van der Waals surface area contributed by atoms with E-state index in [1.54, 1.807) is 19.2 Å². The van der Waals surface area contributed by atoms with Crippen LogP contribution in [0.15, 0.2) is 42.5 Å². The molecule has 0 heterocycles. The summed E-state index contributed by atoms with van der Waals surface area (Å²) in [6.07, 6.45) is 1.08. The second-order valence-electron chi connectivity index (χ2n) is 7.07. The van der Waals surface area contributed by atoms with Crippen LogP contribution in [0.5, 0.6) is 17.2 Å². The van der Waals surface area contributed by atoms with Crippen LogP contribution in [0.4, 0.5) is 0 Å². The Labute approximate surface area is 230 Å². The Kier molecular flexibility index (Phi) is 13.4. The topological polar surface area (TPSA) is 121 Å². The summed E-state index contributed by atoms with van der Waals surface area (Å²) in [7, 11) is 4.50. The molecule has 0 fully saturated rings. The maximum Gasteiger partial charge on any atom is 0.228 e. The van der Waals surface area contributed by atoms with Crippen LogP contribution >= 0.6 is 0 Å². The van der Waals surface area contributed by atoms with Crippen molar-refractivity contribution in [1.82, 2.24) is 10.4 Å². The van der Waals surface area contributed by atoms with Gasteiger partial charge in [0.05, 0.1) is 32.9 Å². The van der Waals surface area contributed by atoms with Gasteiger partial charge >= 0.3 is 0 Å². The Hall–Kier alpha value is -1.86. The van der Waals surface area contributed by atoms with Gasteiger partial charge in [0.15, 0.2) is 0 Å². The number of benzene rings is 2. The molecule has 0 saturated heterocycles. The van der Waals surface area contributed by atoms with Crippen molar-refractivity contribution >= 4 is 11.8 Å². The number of hydrogen-bond acceptors (Lipinski definition) is 6. The Morgan fingerprint density at radius 1 is 1.12 bits per heavy atom. The third-order valence-electron chi connectivity index (χ3n) is 4.82. The minimum Gasteiger partial charge on any atom is -0.666 e. The molecule has 2 aromatic rings. The van der Waals surface area contributed by atoms with Gasteiger partial charge < -0.3 is 25.3 Å². The van der Waals surface area contributed by atoms with Crippen LogP contribution in [0.25, 0.3) is 5.73 Å². The normalized spacial score (nSPS) is 11.1. The Morgan fingerprint density at radius 2 is 1.73 bits per heavy atom. The van der Waals surface area contributed by atoms with E-state index in [1.807, 2.05) is 30.3 Å². The van der Waals surface area contributed by atoms with Crippen LogP contribution in [-0.2, 0) is 22.6 Å². The van der Waals surface area contributed by atoms with E-state index in [0.717, 1.165) is 5.56 Å². The van der Waals surface area contributed by atoms with Gasteiger partial charge in [0.1, 0.15) is 17.2 Å². The largest absolute Gasteiger partial charge is 0.666 e. The smallest absolute Gasteiger partial charge is 0.228 e. The fourth-order valence-corrected chi connectivity index (χ4v) is 3.09. The number of rotatable bonds is 12. The molecule has 2 aromatic carbocycles. The fourth-order valence-electron chi connectivity index (χ4n) is 3.09. The molecule has 0 aliphatic carbocycles. The summed E-state index contributed by atoms with van der Waals surface area (Å²) in [5.74, 6) is 0.404. The predicted octanol–water partition coefficient (Wildman–Crippen LogP) is 2.99. The molecule has 33 heavy (non-hydrogen) atoms. The summed E-state index contributed by atoms with van der Waals surface area (Å²) in [4.78, 5) is 23.8. The molecule has 0 aliphatic heterocycles. The van der Waals surface area contributed by atoms with E-state index >= 15 is 0 Å². The molecule has 1 atom stereocenters. The van der Waals surface area contributed by atoms with Crippen molar-refractivity contribution in [2.24, 2.45) is 0 Å². The van der Waals surface area contributed by atoms with Crippen molar-refractivity contribution in [3.63, 3.8) is 0 Å². The van der Waals surface area contributed by atoms with Crippen LogP contribution in [0.3, 0.4) is 0 Å². The third kappa shape index (κ3) is 9.13. The van der Waals surface area contributed by atoms with Crippen molar-refractivity contribution in [2.75, 3.05) is 27.9 Å². The van der Waals surface area contributed by atoms with Crippen LogP contribution in [-0.4, -0.2) is 56.0 Å². The first-order chi connectivity index (χ1) is 15.4. The SMILES string of the molecule is CNC(=O)CCCOc1cc(OC)c(CN(O)C(=O)C([NH-])Cc2ccccc2)c(OC)c1.[Ac]. The van der Waals surface area contributed by atoms with Crippen LogP contribution in [0.2, 0.25) is 0 Å². The van der Waals surface area contributed by atoms with Crippen molar-refractivity contribution in [1.29, 1.82) is 0 Å². The maximum absolute atomic E-state index is 12.5. The molecular formula is C23H30AcN3O6-. The molecule has 0 saturated carbocycles. The van der Waals surface area contributed by atoms with E-state index in [1.165, 1.54) is 14.2 Å². The second kappa shape index (κ2) is 15.1. The van der Waals surface area contributed by atoms with Crippen molar-refractivity contribution < 1.29 is 73.1 Å². The van der Waals surface area contributed by atoms with E-state index in [0.29, 0.717) is 47.3 Å². The number of nitrogens with zero attached hydrogens (tertiary/aromatic N) is 1. The zero-order valence-corrected chi connectivity index (χ0v) is 23.9. The summed E-state index contributed by atoms with van der Waals surface area (Å²) < 4.78 is 16.5. The molecule has 0 bridgehead atoms. The van der Waals surface area contributed by atoms with E-state index in [4.69, 9.17) is 19.9 Å². The molecule has 10 heteroatoms. The van der Waals surface area contributed by atoms with E-state index < -0.39 is 11.9 Å². The molecule has 0 spiro atoms. The molecule has 1 radical (unpaired) electrons. The van der Waals surface area contributed by atoms with Gasteiger partial charge in [0, 0.05) is 69.7 Å². The fraction of sp³-hybridized carbons (Fsp3) is 0.391. The molecule has 0 aromatic heterocycles. The van der Waals surface area contributed by atoms with Gasteiger partial charge in [-0.2, -0.15) is 0 Å². The van der Waals surface area contributed by atoms with Crippen molar-refractivity contribution in [2.45, 2.75) is 31.8 Å². The third-order valence-corrected chi connectivity index (χ3v) is 4.82. The van der Waals surface area contributed by atoms with Crippen LogP contribution in [0.1, 0.15) is 24.0 Å². The van der Waals surface area contributed by atoms with Crippen molar-refractivity contribution in [3.8, 4) is 17.2 Å². The molecule has 177 valence electrons. The van der Waals surface area contributed by atoms with Gasteiger partial charge in [0.25, 0.3) is 0 Å². The van der Waals surface area contributed by atoms with Crippen LogP contribution in [0, 0.1) is 44.1 Å². The number of carbonyl (C=O) groups excluding carboxylic acids is 2. The minimum atomic E-state index is -1.15. The Bertz CT molecular complexity index is 872. The average molecular weight is 672 g/mol. The van der Waals surface area contributed by atoms with E-state index in [2.05, 4.69) is 5.32 Å². The molecule has 3 N–H and O–H groups in total. The number of amides is 2. The molecule has 9 nitrogen and oxygen atoms in total. The van der Waals surface area contributed by atoms with Gasteiger partial charge in [-0.3, -0.25) is 14.8 Å². The van der Waals surface area contributed by atoms with E-state index in [9.17, 15) is 14.8 Å². The molecule has 1 unspecified atom stereocenters. The summed E-state index contributed by atoms with van der Waals surface area (Å²) >= 11 is 0. The first-order valence-corrected chi connectivity index (χ1v) is 10.2. The monoisotopic (exact) mass is 671 g/mol. The molecular weight excluding hydrogens is 641 g/mol. The number of hydrogen-bond donors (Lipinski definition) is 2. The number of methoxy groups -OCH3 is 2. The van der Waals surface area contributed by atoms with Gasteiger partial charge in [-0.05, 0) is 18.4 Å². The number of carbonyl (C=O) groups is 2. The quantitative estimate of drug-likeness (QED) is 0.204. The zero-order chi connectivity index (χ0) is 23.5. The Morgan fingerprint density at radius 3 is 2.27 bits per heavy atom. The van der Waals surface area contributed by atoms with Gasteiger partial charge in [0.2, 0.25) is 11.8 Å². The second-order valence-corrected chi connectivity index (χ2v) is 7.07. The van der Waals surface area contributed by atoms with Crippen molar-refractivity contribution in [3.05, 3.63) is 59.3 Å². The standard InChI is InChI=1S/C23H30N3O6.Ac/c1-25-22(27)10-7-11-32-17-13-20(30-2)18(21(14-17)31-3)15-26(29)23(28)19(24)12-16-8-5-4-6-9-16;/h4-6,8-9,13-14,19,24,29H,7,10-12,15H2,1-3H3,(H,25,27);/q-1;. The Balaban J connectivity index is 0.00000544. The van der Waals surface area contributed by atoms with E-state index in [-0.39, 0.29) is 62.9 Å². The molecule has 0 aliphatic rings. The molecule has 2 rings (SSSR count). The average Bonchev–Trinajstić information content (AvgIpc) is 2.81. The first-order valence-electron chi connectivity index (χ1n) is 10.2. The van der Waals surface area contributed by atoms with Gasteiger partial charge in [-0.25, -0.2) is 5.06 Å². The summed E-state index contributed by atoms with van der Waals surface area (Å²) in [5, 5.41) is 13.4. The summed E-state index contributed by atoms with van der Waals surface area (Å²) in [6.45, 7) is 0.107. The number of nitrogens with one attached hydrogen (secondary N) is 2. The summed E-state index contributed by atoms with van der Waals surface area (Å²) in [5.41, 5.74) is 9.39. The van der Waals surface area contributed by atoms with Gasteiger partial charge in [-0.15, -0.1) is 0 Å². The molecule has 2 amide bonds. The maximum atomic E-state index is 12.5. The summed E-state index contributed by atoms with van der Waals surface area (Å²) in [6, 6.07) is 11.3. The first kappa shape index (κ1) is 29.2. The predicted molar refractivity (Wildman–Crippen MR) is 119 cm³/mol. The number of ether oxygens (including phenoxy) is 3. The zero-order valence-electron chi connectivity index (χ0n) is 19.2. The van der Waals surface area contributed by atoms with Gasteiger partial charge in [-0.1, -0.05) is 36.4 Å². The van der Waals surface area contributed by atoms with Crippen LogP contribution < -0.4 is 19.5 Å². The number of hydroxylamine groups is 2. The minimum absolute atomic E-state index is 0.